The molecule has 1 heterocycles. The van der Waals surface area contributed by atoms with Crippen LogP contribution in [0.4, 0.5) is 26.3 Å². The van der Waals surface area contributed by atoms with Crippen LogP contribution in [0.3, 0.4) is 0 Å². The zero-order valence-corrected chi connectivity index (χ0v) is 17.3. The van der Waals surface area contributed by atoms with Gasteiger partial charge in [0, 0.05) is 31.2 Å². The smallest absolute Gasteiger partial charge is 0.333 e. The molecule has 4 rings (SSSR count). The van der Waals surface area contributed by atoms with E-state index in [4.69, 9.17) is 0 Å². The van der Waals surface area contributed by atoms with Gasteiger partial charge in [-0.15, -0.1) is 0 Å². The quantitative estimate of drug-likeness (QED) is 0.515. The topological polar surface area (TPSA) is 32.3 Å². The Kier molecular flexibility index (Phi) is 6.09. The SMILES string of the molecule is O=C(c1cc(C(F)(F)F)cc(C(F)(F)F)c1)N1CCNC[C@H]1Cc1cccc2ccccc12. The number of piperazine rings is 1. The van der Waals surface area contributed by atoms with E-state index in [1.165, 1.54) is 4.90 Å². The van der Waals surface area contributed by atoms with Crippen molar-refractivity contribution in [1.29, 1.82) is 0 Å². The number of rotatable bonds is 3. The van der Waals surface area contributed by atoms with Crippen LogP contribution >= 0.6 is 0 Å². The molecular formula is C24H20F6N2O. The van der Waals surface area contributed by atoms with E-state index >= 15 is 0 Å². The van der Waals surface area contributed by atoms with Gasteiger partial charge in [0.2, 0.25) is 0 Å². The van der Waals surface area contributed by atoms with Crippen LogP contribution in [0.5, 0.6) is 0 Å². The molecule has 3 nitrogen and oxygen atoms in total. The number of carbonyl (C=O) groups is 1. The molecule has 0 aromatic heterocycles. The molecule has 1 N–H and O–H groups in total. The van der Waals surface area contributed by atoms with Crippen LogP contribution < -0.4 is 5.32 Å². The number of benzene rings is 3. The Morgan fingerprint density at radius 2 is 1.55 bits per heavy atom. The van der Waals surface area contributed by atoms with Crippen molar-refractivity contribution in [2.75, 3.05) is 19.6 Å². The highest BCUT2D eigenvalue weighted by atomic mass is 19.4. The van der Waals surface area contributed by atoms with Crippen LogP contribution in [0.25, 0.3) is 10.8 Å². The maximum absolute atomic E-state index is 13.3. The molecule has 174 valence electrons. The molecule has 0 bridgehead atoms. The third-order valence-electron chi connectivity index (χ3n) is 5.78. The summed E-state index contributed by atoms with van der Waals surface area (Å²) in [6.07, 6.45) is -9.62. The van der Waals surface area contributed by atoms with E-state index in [0.717, 1.165) is 16.3 Å². The van der Waals surface area contributed by atoms with Crippen LogP contribution in [0.1, 0.15) is 27.0 Å². The summed E-state index contributed by atoms with van der Waals surface area (Å²) in [7, 11) is 0. The summed E-state index contributed by atoms with van der Waals surface area (Å²) < 4.78 is 79.5. The van der Waals surface area contributed by atoms with Gasteiger partial charge in [-0.3, -0.25) is 4.79 Å². The predicted octanol–water partition coefficient (Wildman–Crippen LogP) is 5.53. The maximum Gasteiger partial charge on any atom is 0.416 e. The number of nitrogens with zero attached hydrogens (tertiary/aromatic N) is 1. The van der Waals surface area contributed by atoms with Crippen molar-refractivity contribution >= 4 is 16.7 Å². The van der Waals surface area contributed by atoms with Crippen LogP contribution in [-0.2, 0) is 18.8 Å². The van der Waals surface area contributed by atoms with Gasteiger partial charge >= 0.3 is 12.4 Å². The number of halogens is 6. The molecule has 0 spiro atoms. The molecule has 33 heavy (non-hydrogen) atoms. The first-order valence-electron chi connectivity index (χ1n) is 10.3. The van der Waals surface area contributed by atoms with Crippen molar-refractivity contribution in [3.05, 3.63) is 82.9 Å². The van der Waals surface area contributed by atoms with E-state index in [2.05, 4.69) is 5.32 Å². The fourth-order valence-electron chi connectivity index (χ4n) is 4.18. The first-order chi connectivity index (χ1) is 15.5. The van der Waals surface area contributed by atoms with Gasteiger partial charge in [0.15, 0.2) is 0 Å². The van der Waals surface area contributed by atoms with Gasteiger partial charge < -0.3 is 10.2 Å². The average molecular weight is 466 g/mol. The second-order valence-electron chi connectivity index (χ2n) is 7.99. The minimum atomic E-state index is -5.01. The Morgan fingerprint density at radius 3 is 2.21 bits per heavy atom. The average Bonchev–Trinajstić information content (AvgIpc) is 2.78. The molecule has 9 heteroatoms. The molecule has 0 unspecified atom stereocenters. The van der Waals surface area contributed by atoms with E-state index < -0.39 is 41.0 Å². The molecule has 1 aliphatic rings. The largest absolute Gasteiger partial charge is 0.416 e. The Balaban J connectivity index is 1.69. The van der Waals surface area contributed by atoms with Crippen LogP contribution in [0.2, 0.25) is 0 Å². The lowest BCUT2D eigenvalue weighted by molar-refractivity contribution is -0.143. The van der Waals surface area contributed by atoms with E-state index in [9.17, 15) is 31.1 Å². The minimum absolute atomic E-state index is 0.0299. The third kappa shape index (κ3) is 4.98. The number of hydrogen-bond acceptors (Lipinski definition) is 2. The first kappa shape index (κ1) is 23.1. The molecule has 1 aliphatic heterocycles. The molecule has 1 fully saturated rings. The van der Waals surface area contributed by atoms with E-state index in [0.29, 0.717) is 31.6 Å². The summed E-state index contributed by atoms with van der Waals surface area (Å²) in [5.41, 5.74) is -2.68. The molecule has 3 aromatic carbocycles. The lowest BCUT2D eigenvalue weighted by Crippen LogP contribution is -2.54. The normalized spacial score (nSPS) is 17.4. The highest BCUT2D eigenvalue weighted by molar-refractivity contribution is 5.95. The Morgan fingerprint density at radius 1 is 0.909 bits per heavy atom. The maximum atomic E-state index is 13.3. The lowest BCUT2D eigenvalue weighted by Gasteiger charge is -2.37. The molecule has 1 saturated heterocycles. The second-order valence-corrected chi connectivity index (χ2v) is 7.99. The van der Waals surface area contributed by atoms with Gasteiger partial charge in [-0.05, 0) is 41.0 Å². The van der Waals surface area contributed by atoms with Gasteiger partial charge in [0.25, 0.3) is 5.91 Å². The van der Waals surface area contributed by atoms with Crippen molar-refractivity contribution in [1.82, 2.24) is 10.2 Å². The first-order valence-corrected chi connectivity index (χ1v) is 10.3. The van der Waals surface area contributed by atoms with Crippen LogP contribution in [0.15, 0.2) is 60.7 Å². The fraction of sp³-hybridized carbons (Fsp3) is 0.292. The van der Waals surface area contributed by atoms with Crippen molar-refractivity contribution in [2.24, 2.45) is 0 Å². The van der Waals surface area contributed by atoms with Crippen LogP contribution in [0, 0.1) is 0 Å². The lowest BCUT2D eigenvalue weighted by atomic mass is 9.96. The molecular weight excluding hydrogens is 446 g/mol. The number of fused-ring (bicyclic) bond motifs is 1. The van der Waals surface area contributed by atoms with E-state index in [1.54, 1.807) is 0 Å². The molecule has 3 aromatic rings. The van der Waals surface area contributed by atoms with Crippen molar-refractivity contribution < 1.29 is 31.1 Å². The molecule has 1 atom stereocenters. The van der Waals surface area contributed by atoms with E-state index in [-0.39, 0.29) is 12.6 Å². The highest BCUT2D eigenvalue weighted by Crippen LogP contribution is 2.36. The summed E-state index contributed by atoms with van der Waals surface area (Å²) in [6.45, 7) is 0.939. The third-order valence-corrected chi connectivity index (χ3v) is 5.78. The number of carbonyl (C=O) groups excluding carboxylic acids is 1. The fourth-order valence-corrected chi connectivity index (χ4v) is 4.18. The molecule has 0 saturated carbocycles. The Hall–Kier alpha value is -3.07. The Bertz CT molecular complexity index is 1130. The van der Waals surface area contributed by atoms with Crippen LogP contribution in [-0.4, -0.2) is 36.5 Å². The highest BCUT2D eigenvalue weighted by Gasteiger charge is 2.38. The molecule has 1 amide bonds. The zero-order chi connectivity index (χ0) is 23.8. The molecule has 0 radical (unpaired) electrons. The van der Waals surface area contributed by atoms with Gasteiger partial charge in [-0.25, -0.2) is 0 Å². The number of hydrogen-bond donors (Lipinski definition) is 1. The summed E-state index contributed by atoms with van der Waals surface area (Å²) >= 11 is 0. The zero-order valence-electron chi connectivity index (χ0n) is 17.3. The predicted molar refractivity (Wildman–Crippen MR) is 112 cm³/mol. The standard InChI is InChI=1S/C24H20F6N2O/c25-23(26,27)18-10-17(11-19(13-18)24(28,29)30)22(33)32-9-8-31-14-20(32)12-16-6-3-5-15-4-1-2-7-21(15)16/h1-7,10-11,13,20,31H,8-9,12,14H2/t20-/m1/s1. The summed E-state index contributed by atoms with van der Waals surface area (Å²) in [5, 5.41) is 5.14. The Labute approximate surface area is 186 Å². The van der Waals surface area contributed by atoms with Crippen molar-refractivity contribution in [3.63, 3.8) is 0 Å². The van der Waals surface area contributed by atoms with Gasteiger partial charge in [0.1, 0.15) is 0 Å². The van der Waals surface area contributed by atoms with Gasteiger partial charge in [0.05, 0.1) is 11.1 Å². The number of nitrogens with one attached hydrogen (secondary N) is 1. The van der Waals surface area contributed by atoms with Crippen molar-refractivity contribution in [2.45, 2.75) is 24.8 Å². The summed E-state index contributed by atoms with van der Waals surface area (Å²) in [4.78, 5) is 14.6. The monoisotopic (exact) mass is 466 g/mol. The molecule has 0 aliphatic carbocycles. The minimum Gasteiger partial charge on any atom is -0.333 e. The van der Waals surface area contributed by atoms with Crippen molar-refractivity contribution in [3.8, 4) is 0 Å². The summed E-state index contributed by atoms with van der Waals surface area (Å²) in [5.74, 6) is -0.849. The number of alkyl halides is 6. The van der Waals surface area contributed by atoms with Gasteiger partial charge in [-0.2, -0.15) is 26.3 Å². The summed E-state index contributed by atoms with van der Waals surface area (Å²) in [6, 6.07) is 14.0. The number of amides is 1. The van der Waals surface area contributed by atoms with Gasteiger partial charge in [-0.1, -0.05) is 42.5 Å². The van der Waals surface area contributed by atoms with E-state index in [1.807, 2.05) is 42.5 Å². The second kappa shape index (κ2) is 8.70.